The van der Waals surface area contributed by atoms with E-state index in [1.165, 1.54) is 12.8 Å². The molecule has 2 aliphatic heterocycles. The van der Waals surface area contributed by atoms with E-state index in [9.17, 15) is 4.79 Å². The van der Waals surface area contributed by atoms with Crippen molar-refractivity contribution in [3.63, 3.8) is 0 Å². The first kappa shape index (κ1) is 12.5. The normalized spacial score (nSPS) is 21.6. The third-order valence-corrected chi connectivity index (χ3v) is 3.87. The third kappa shape index (κ3) is 2.89. The summed E-state index contributed by atoms with van der Waals surface area (Å²) in [4.78, 5) is 12.1. The Balaban J connectivity index is 1.57. The fraction of sp³-hybridized carbons (Fsp3) is 0.533. The zero-order chi connectivity index (χ0) is 13.1. The maximum Gasteiger partial charge on any atom is 0.251 e. The van der Waals surface area contributed by atoms with Crippen LogP contribution in [0.5, 0.6) is 5.75 Å². The van der Waals surface area contributed by atoms with Crippen LogP contribution >= 0.6 is 0 Å². The van der Waals surface area contributed by atoms with Gasteiger partial charge in [-0.2, -0.15) is 0 Å². The molecule has 2 aliphatic rings. The monoisotopic (exact) mass is 260 g/mol. The first-order valence-electron chi connectivity index (χ1n) is 7.10. The average molecular weight is 260 g/mol. The van der Waals surface area contributed by atoms with Crippen LogP contribution in [0, 0.1) is 0 Å². The third-order valence-electron chi connectivity index (χ3n) is 3.87. The van der Waals surface area contributed by atoms with Gasteiger partial charge in [-0.15, -0.1) is 0 Å². The van der Waals surface area contributed by atoms with Gasteiger partial charge in [-0.05, 0) is 43.1 Å². The molecule has 0 saturated carbocycles. The Morgan fingerprint density at radius 2 is 2.37 bits per heavy atom. The van der Waals surface area contributed by atoms with Crippen LogP contribution in [0.25, 0.3) is 0 Å². The van der Waals surface area contributed by atoms with E-state index < -0.39 is 0 Å². The van der Waals surface area contributed by atoms with E-state index >= 15 is 0 Å². The summed E-state index contributed by atoms with van der Waals surface area (Å²) in [6.07, 6.45) is 4.55. The highest BCUT2D eigenvalue weighted by atomic mass is 16.5. The van der Waals surface area contributed by atoms with Gasteiger partial charge < -0.3 is 15.4 Å². The molecule has 4 heteroatoms. The fourth-order valence-electron chi connectivity index (χ4n) is 2.74. The second-order valence-corrected chi connectivity index (χ2v) is 5.28. The molecule has 1 aromatic carbocycles. The smallest absolute Gasteiger partial charge is 0.251 e. The molecule has 0 aromatic heterocycles. The number of nitrogens with one attached hydrogen (secondary N) is 2. The highest BCUT2D eigenvalue weighted by molar-refractivity contribution is 5.94. The van der Waals surface area contributed by atoms with Crippen molar-refractivity contribution < 1.29 is 9.53 Å². The van der Waals surface area contributed by atoms with Gasteiger partial charge in [-0.3, -0.25) is 4.79 Å². The summed E-state index contributed by atoms with van der Waals surface area (Å²) >= 11 is 0. The number of rotatable bonds is 3. The molecule has 1 amide bonds. The van der Waals surface area contributed by atoms with Crippen molar-refractivity contribution in [3.8, 4) is 5.75 Å². The van der Waals surface area contributed by atoms with E-state index in [1.807, 2.05) is 18.2 Å². The minimum absolute atomic E-state index is 0.0158. The minimum Gasteiger partial charge on any atom is -0.493 e. The Labute approximate surface area is 113 Å². The Kier molecular flexibility index (Phi) is 3.69. The average Bonchev–Trinajstić information content (AvgIpc) is 2.93. The quantitative estimate of drug-likeness (QED) is 0.866. The van der Waals surface area contributed by atoms with Crippen LogP contribution in [-0.4, -0.2) is 31.6 Å². The van der Waals surface area contributed by atoms with E-state index in [-0.39, 0.29) is 5.91 Å². The summed E-state index contributed by atoms with van der Waals surface area (Å²) in [6, 6.07) is 6.12. The van der Waals surface area contributed by atoms with Crippen LogP contribution in [0.1, 0.15) is 35.2 Å². The van der Waals surface area contributed by atoms with E-state index in [2.05, 4.69) is 10.6 Å². The molecule has 3 rings (SSSR count). The number of hydrogen-bond donors (Lipinski definition) is 2. The summed E-state index contributed by atoms with van der Waals surface area (Å²) in [5, 5.41) is 6.45. The first-order valence-corrected chi connectivity index (χ1v) is 7.10. The van der Waals surface area contributed by atoms with Gasteiger partial charge in [0.15, 0.2) is 0 Å². The van der Waals surface area contributed by atoms with Crippen LogP contribution in [0.3, 0.4) is 0 Å². The second-order valence-electron chi connectivity index (χ2n) is 5.28. The van der Waals surface area contributed by atoms with Gasteiger partial charge in [0.1, 0.15) is 5.75 Å². The van der Waals surface area contributed by atoms with Crippen molar-refractivity contribution >= 4 is 5.91 Å². The number of ether oxygens (including phenoxy) is 1. The van der Waals surface area contributed by atoms with E-state index in [4.69, 9.17) is 4.74 Å². The molecule has 1 atom stereocenters. The topological polar surface area (TPSA) is 50.4 Å². The van der Waals surface area contributed by atoms with Crippen LogP contribution in [0.4, 0.5) is 0 Å². The van der Waals surface area contributed by atoms with Crippen molar-refractivity contribution in [2.24, 2.45) is 0 Å². The largest absolute Gasteiger partial charge is 0.493 e. The lowest BCUT2D eigenvalue weighted by atomic mass is 10.0. The zero-order valence-electron chi connectivity index (χ0n) is 11.1. The number of fused-ring (bicyclic) bond motifs is 1. The van der Waals surface area contributed by atoms with Gasteiger partial charge in [-0.25, -0.2) is 0 Å². The van der Waals surface area contributed by atoms with Gasteiger partial charge in [0.2, 0.25) is 0 Å². The Morgan fingerprint density at radius 3 is 3.21 bits per heavy atom. The molecule has 0 spiro atoms. The molecule has 19 heavy (non-hydrogen) atoms. The van der Waals surface area contributed by atoms with E-state index in [1.54, 1.807) is 0 Å². The molecule has 2 N–H and O–H groups in total. The van der Waals surface area contributed by atoms with Gasteiger partial charge in [0.05, 0.1) is 6.61 Å². The summed E-state index contributed by atoms with van der Waals surface area (Å²) in [6.45, 7) is 2.51. The number of amides is 1. The zero-order valence-corrected chi connectivity index (χ0v) is 11.1. The van der Waals surface area contributed by atoms with E-state index in [0.717, 1.165) is 42.9 Å². The molecular formula is C15H20N2O2. The molecule has 4 nitrogen and oxygen atoms in total. The van der Waals surface area contributed by atoms with Gasteiger partial charge >= 0.3 is 0 Å². The second kappa shape index (κ2) is 5.61. The molecule has 0 radical (unpaired) electrons. The maximum absolute atomic E-state index is 12.1. The molecule has 2 heterocycles. The lowest BCUT2D eigenvalue weighted by Crippen LogP contribution is -2.43. The van der Waals surface area contributed by atoms with Gasteiger partial charge in [-0.1, -0.05) is 6.42 Å². The van der Waals surface area contributed by atoms with Crippen molar-refractivity contribution in [2.75, 3.05) is 19.7 Å². The van der Waals surface area contributed by atoms with Crippen LogP contribution in [0.2, 0.25) is 0 Å². The van der Waals surface area contributed by atoms with Crippen LogP contribution < -0.4 is 15.4 Å². The Morgan fingerprint density at radius 1 is 1.42 bits per heavy atom. The summed E-state index contributed by atoms with van der Waals surface area (Å²) in [5.74, 6) is 0.938. The lowest BCUT2D eigenvalue weighted by molar-refractivity contribution is 0.0947. The van der Waals surface area contributed by atoms with Crippen molar-refractivity contribution in [1.29, 1.82) is 0 Å². The molecule has 0 bridgehead atoms. The van der Waals surface area contributed by atoms with Gasteiger partial charge in [0.25, 0.3) is 5.91 Å². The fourth-order valence-corrected chi connectivity index (χ4v) is 2.74. The first-order chi connectivity index (χ1) is 9.33. The lowest BCUT2D eigenvalue weighted by Gasteiger charge is -2.23. The highest BCUT2D eigenvalue weighted by Gasteiger charge is 2.17. The predicted molar refractivity (Wildman–Crippen MR) is 73.6 cm³/mol. The molecule has 102 valence electrons. The Hall–Kier alpha value is -1.55. The summed E-state index contributed by atoms with van der Waals surface area (Å²) in [7, 11) is 0. The number of carbonyl (C=O) groups excluding carboxylic acids is 1. The van der Waals surface area contributed by atoms with Crippen molar-refractivity contribution in [1.82, 2.24) is 10.6 Å². The predicted octanol–water partition coefficient (Wildman–Crippen LogP) is 1.49. The van der Waals surface area contributed by atoms with Gasteiger partial charge in [0, 0.05) is 24.6 Å². The molecule has 0 aliphatic carbocycles. The van der Waals surface area contributed by atoms with Crippen molar-refractivity contribution in [2.45, 2.75) is 31.7 Å². The molecule has 1 fully saturated rings. The highest BCUT2D eigenvalue weighted by Crippen LogP contribution is 2.25. The van der Waals surface area contributed by atoms with E-state index in [0.29, 0.717) is 12.6 Å². The van der Waals surface area contributed by atoms with Crippen LogP contribution in [-0.2, 0) is 6.42 Å². The Bertz CT molecular complexity index is 467. The molecule has 1 saturated heterocycles. The maximum atomic E-state index is 12.1. The number of benzene rings is 1. The minimum atomic E-state index is 0.0158. The number of piperidine rings is 1. The van der Waals surface area contributed by atoms with Crippen molar-refractivity contribution in [3.05, 3.63) is 29.3 Å². The molecule has 1 unspecified atom stereocenters. The summed E-state index contributed by atoms with van der Waals surface area (Å²) in [5.41, 5.74) is 1.88. The number of hydrogen-bond acceptors (Lipinski definition) is 3. The standard InChI is InChI=1S/C15H20N2O2/c18-15(17-10-13-3-1-2-7-16-13)12-4-5-14-11(9-12)6-8-19-14/h4-5,9,13,16H,1-3,6-8,10H2,(H,17,18). The number of carbonyl (C=O) groups is 1. The van der Waals surface area contributed by atoms with Crippen LogP contribution in [0.15, 0.2) is 18.2 Å². The molecule has 1 aromatic rings. The molecular weight excluding hydrogens is 240 g/mol. The SMILES string of the molecule is O=C(NCC1CCCCN1)c1ccc2c(c1)CCO2. The summed E-state index contributed by atoms with van der Waals surface area (Å²) < 4.78 is 5.45.